The van der Waals surface area contributed by atoms with E-state index in [4.69, 9.17) is 4.42 Å². The van der Waals surface area contributed by atoms with Crippen molar-refractivity contribution in [1.82, 2.24) is 0 Å². The van der Waals surface area contributed by atoms with Gasteiger partial charge < -0.3 is 4.42 Å². The third-order valence-electron chi connectivity index (χ3n) is 11.2. The first-order valence-corrected chi connectivity index (χ1v) is 19.2. The second-order valence-electron chi connectivity index (χ2n) is 15.1. The summed E-state index contributed by atoms with van der Waals surface area (Å²) >= 11 is 0. The SMILES string of the molecule is CC(C)CCc1ccc2cc(-c3cccc(-c4ccc5c(-c6ccccc6)c6ccccc6c(-c6ccccc6)c5c4)c3)c3oc4ccccc4c3c2c1. The normalized spacial score (nSPS) is 11.8. The predicted molar refractivity (Wildman–Crippen MR) is 231 cm³/mol. The molecule has 0 aliphatic rings. The summed E-state index contributed by atoms with van der Waals surface area (Å²) in [7, 11) is 0. The lowest BCUT2D eigenvalue weighted by atomic mass is 9.84. The zero-order chi connectivity index (χ0) is 36.2. The largest absolute Gasteiger partial charge is 0.455 e. The van der Waals surface area contributed by atoms with Crippen LogP contribution in [0.25, 0.3) is 98.8 Å². The molecule has 0 atom stereocenters. The number of para-hydroxylation sites is 1. The van der Waals surface area contributed by atoms with Crippen molar-refractivity contribution in [3.63, 3.8) is 0 Å². The van der Waals surface area contributed by atoms with Crippen molar-refractivity contribution in [1.29, 1.82) is 0 Å². The monoisotopic (exact) mass is 692 g/mol. The van der Waals surface area contributed by atoms with Gasteiger partial charge in [0.25, 0.3) is 0 Å². The van der Waals surface area contributed by atoms with Gasteiger partial charge in [0.05, 0.1) is 0 Å². The van der Waals surface area contributed by atoms with Gasteiger partial charge in [-0.1, -0.05) is 166 Å². The molecule has 258 valence electrons. The molecule has 10 aromatic rings. The Morgan fingerprint density at radius 3 is 1.74 bits per heavy atom. The Bertz CT molecular complexity index is 3000. The lowest BCUT2D eigenvalue weighted by Crippen LogP contribution is -1.92. The minimum Gasteiger partial charge on any atom is -0.455 e. The van der Waals surface area contributed by atoms with Crippen molar-refractivity contribution in [3.05, 3.63) is 181 Å². The summed E-state index contributed by atoms with van der Waals surface area (Å²) in [6.07, 6.45) is 2.26. The van der Waals surface area contributed by atoms with E-state index in [1.54, 1.807) is 0 Å². The van der Waals surface area contributed by atoms with E-state index in [-0.39, 0.29) is 0 Å². The van der Waals surface area contributed by atoms with Gasteiger partial charge in [-0.15, -0.1) is 0 Å². The van der Waals surface area contributed by atoms with Gasteiger partial charge in [-0.25, -0.2) is 0 Å². The minimum absolute atomic E-state index is 0.669. The van der Waals surface area contributed by atoms with E-state index in [0.717, 1.165) is 28.7 Å². The minimum atomic E-state index is 0.669. The Morgan fingerprint density at radius 2 is 1.02 bits per heavy atom. The molecule has 0 saturated heterocycles. The van der Waals surface area contributed by atoms with Crippen LogP contribution in [0.5, 0.6) is 0 Å². The van der Waals surface area contributed by atoms with E-state index in [2.05, 4.69) is 190 Å². The molecule has 1 heteroatoms. The Kier molecular flexibility index (Phi) is 7.88. The lowest BCUT2D eigenvalue weighted by Gasteiger charge is -2.19. The molecule has 1 heterocycles. The molecule has 0 amide bonds. The summed E-state index contributed by atoms with van der Waals surface area (Å²) in [5.41, 5.74) is 12.9. The van der Waals surface area contributed by atoms with Gasteiger partial charge >= 0.3 is 0 Å². The molecule has 0 spiro atoms. The predicted octanol–water partition coefficient (Wildman–Crippen LogP) is 15.3. The smallest absolute Gasteiger partial charge is 0.143 e. The van der Waals surface area contributed by atoms with Crippen LogP contribution >= 0.6 is 0 Å². The van der Waals surface area contributed by atoms with Crippen molar-refractivity contribution < 1.29 is 4.42 Å². The van der Waals surface area contributed by atoms with Crippen LogP contribution in [-0.2, 0) is 6.42 Å². The average Bonchev–Trinajstić information content (AvgIpc) is 3.62. The highest BCUT2D eigenvalue weighted by molar-refractivity contribution is 6.23. The van der Waals surface area contributed by atoms with E-state index < -0.39 is 0 Å². The molecular formula is C53H40O. The number of hydrogen-bond donors (Lipinski definition) is 0. The summed E-state index contributed by atoms with van der Waals surface area (Å²) in [6, 6.07) is 64.4. The fraction of sp³-hybridized carbons (Fsp3) is 0.0943. The summed E-state index contributed by atoms with van der Waals surface area (Å²) in [6.45, 7) is 4.60. The van der Waals surface area contributed by atoms with Crippen molar-refractivity contribution in [3.8, 4) is 44.5 Å². The first-order valence-electron chi connectivity index (χ1n) is 19.2. The van der Waals surface area contributed by atoms with Crippen LogP contribution in [-0.4, -0.2) is 0 Å². The molecule has 0 aliphatic heterocycles. The lowest BCUT2D eigenvalue weighted by molar-refractivity contribution is 0.587. The van der Waals surface area contributed by atoms with Gasteiger partial charge in [-0.3, -0.25) is 0 Å². The second-order valence-corrected chi connectivity index (χ2v) is 15.1. The van der Waals surface area contributed by atoms with Gasteiger partial charge in [-0.05, 0) is 120 Å². The van der Waals surface area contributed by atoms with Crippen molar-refractivity contribution in [2.24, 2.45) is 5.92 Å². The molecule has 0 N–H and O–H groups in total. The zero-order valence-electron chi connectivity index (χ0n) is 30.6. The molecule has 0 unspecified atom stereocenters. The van der Waals surface area contributed by atoms with Crippen LogP contribution < -0.4 is 0 Å². The Hall–Kier alpha value is -6.44. The molecule has 9 aromatic carbocycles. The summed E-state index contributed by atoms with van der Waals surface area (Å²) < 4.78 is 6.75. The molecule has 0 bridgehead atoms. The highest BCUT2D eigenvalue weighted by Gasteiger charge is 2.19. The molecule has 1 nitrogen and oxygen atoms in total. The van der Waals surface area contributed by atoms with Gasteiger partial charge in [-0.2, -0.15) is 0 Å². The topological polar surface area (TPSA) is 13.1 Å². The zero-order valence-corrected chi connectivity index (χ0v) is 30.6. The van der Waals surface area contributed by atoms with E-state index in [0.29, 0.717) is 5.92 Å². The fourth-order valence-electron chi connectivity index (χ4n) is 8.55. The summed E-state index contributed by atoms with van der Waals surface area (Å²) in [5.74, 6) is 0.669. The maximum absolute atomic E-state index is 6.75. The van der Waals surface area contributed by atoms with Crippen LogP contribution in [0.2, 0.25) is 0 Å². The molecule has 0 radical (unpaired) electrons. The van der Waals surface area contributed by atoms with E-state index in [1.807, 2.05) is 0 Å². The van der Waals surface area contributed by atoms with Crippen LogP contribution in [0.1, 0.15) is 25.8 Å². The third kappa shape index (κ3) is 5.47. The number of hydrogen-bond acceptors (Lipinski definition) is 1. The number of aryl methyl sites for hydroxylation is 1. The molecule has 0 aliphatic carbocycles. The van der Waals surface area contributed by atoms with Crippen molar-refractivity contribution in [2.75, 3.05) is 0 Å². The Balaban J connectivity index is 1.19. The van der Waals surface area contributed by atoms with Crippen LogP contribution in [0.4, 0.5) is 0 Å². The van der Waals surface area contributed by atoms with Crippen LogP contribution in [0.15, 0.2) is 180 Å². The van der Waals surface area contributed by atoms with Crippen molar-refractivity contribution >= 4 is 54.3 Å². The Labute approximate surface area is 316 Å². The van der Waals surface area contributed by atoms with E-state index in [9.17, 15) is 0 Å². The first kappa shape index (κ1) is 32.2. The fourth-order valence-corrected chi connectivity index (χ4v) is 8.55. The molecule has 54 heavy (non-hydrogen) atoms. The molecule has 1 aromatic heterocycles. The maximum atomic E-state index is 6.75. The maximum Gasteiger partial charge on any atom is 0.143 e. The highest BCUT2D eigenvalue weighted by atomic mass is 16.3. The summed E-state index contributed by atoms with van der Waals surface area (Å²) in [5, 5.41) is 9.90. The molecule has 0 saturated carbocycles. The number of rotatable bonds is 7. The quantitative estimate of drug-likeness (QED) is 0.152. The number of furan rings is 1. The molecular weight excluding hydrogens is 653 g/mol. The highest BCUT2D eigenvalue weighted by Crippen LogP contribution is 2.46. The second kappa shape index (κ2) is 13.2. The first-order chi connectivity index (χ1) is 26.6. The average molecular weight is 693 g/mol. The van der Waals surface area contributed by atoms with E-state index in [1.165, 1.54) is 88.5 Å². The molecule has 10 rings (SSSR count). The standard InChI is InChI=1S/C53H40O/c1-34(2)24-25-35-26-27-41-33-47(53-52(46(41)30-35)45-22-11-12-23-49(45)54-53)40-19-13-18-38(31-40)39-28-29-44-48(32-39)51(37-16-7-4-8-17-37)43-21-10-9-20-42(43)50(44)36-14-5-3-6-15-36/h3-23,26-34H,24-25H2,1-2H3. The van der Waals surface area contributed by atoms with Gasteiger partial charge in [0.2, 0.25) is 0 Å². The van der Waals surface area contributed by atoms with E-state index >= 15 is 0 Å². The summed E-state index contributed by atoms with van der Waals surface area (Å²) in [4.78, 5) is 0. The molecule has 0 fully saturated rings. The van der Waals surface area contributed by atoms with Gasteiger partial charge in [0.15, 0.2) is 0 Å². The third-order valence-corrected chi connectivity index (χ3v) is 11.2. The number of fused-ring (bicyclic) bond motifs is 7. The van der Waals surface area contributed by atoms with Gasteiger partial charge in [0.1, 0.15) is 11.2 Å². The van der Waals surface area contributed by atoms with Gasteiger partial charge in [0, 0.05) is 16.3 Å². The Morgan fingerprint density at radius 1 is 0.426 bits per heavy atom. The van der Waals surface area contributed by atoms with Crippen LogP contribution in [0, 0.1) is 5.92 Å². The van der Waals surface area contributed by atoms with Crippen LogP contribution in [0.3, 0.4) is 0 Å². The van der Waals surface area contributed by atoms with Crippen molar-refractivity contribution in [2.45, 2.75) is 26.7 Å². The number of benzene rings is 9.